The summed E-state index contributed by atoms with van der Waals surface area (Å²) in [5.41, 5.74) is 6.83. The third kappa shape index (κ3) is 1.76. The maximum atomic E-state index is 12.0. The highest BCUT2D eigenvalue weighted by Crippen LogP contribution is 2.39. The molecule has 0 spiro atoms. The van der Waals surface area contributed by atoms with E-state index in [-0.39, 0.29) is 11.9 Å². The van der Waals surface area contributed by atoms with E-state index in [0.717, 1.165) is 28.0 Å². The first-order chi connectivity index (χ1) is 8.34. The van der Waals surface area contributed by atoms with Gasteiger partial charge in [-0.15, -0.1) is 0 Å². The van der Waals surface area contributed by atoms with Gasteiger partial charge in [-0.05, 0) is 69.9 Å². The van der Waals surface area contributed by atoms with Crippen LogP contribution in [0.3, 0.4) is 0 Å². The summed E-state index contributed by atoms with van der Waals surface area (Å²) >= 11 is 0. The van der Waals surface area contributed by atoms with E-state index in [1.807, 2.05) is 20.8 Å². The normalized spacial score (nSPS) is 19.4. The van der Waals surface area contributed by atoms with E-state index in [4.69, 9.17) is 4.74 Å². The van der Waals surface area contributed by atoms with E-state index in [2.05, 4.69) is 26.8 Å². The molecule has 18 heavy (non-hydrogen) atoms. The van der Waals surface area contributed by atoms with E-state index in [9.17, 15) is 4.79 Å². The van der Waals surface area contributed by atoms with Crippen molar-refractivity contribution in [2.45, 2.75) is 41.5 Å². The van der Waals surface area contributed by atoms with Crippen LogP contribution in [0.15, 0.2) is 11.6 Å². The molecule has 1 aliphatic heterocycles. The van der Waals surface area contributed by atoms with Crippen molar-refractivity contribution in [3.8, 4) is 5.75 Å². The molecule has 0 saturated heterocycles. The minimum Gasteiger partial charge on any atom is -0.425 e. The van der Waals surface area contributed by atoms with Gasteiger partial charge in [0.15, 0.2) is 0 Å². The first-order valence-corrected chi connectivity index (χ1v) is 6.34. The highest BCUT2D eigenvalue weighted by Gasteiger charge is 2.27. The van der Waals surface area contributed by atoms with Crippen LogP contribution >= 0.6 is 0 Å². The van der Waals surface area contributed by atoms with Crippen molar-refractivity contribution in [3.05, 3.63) is 33.9 Å². The van der Waals surface area contributed by atoms with Crippen LogP contribution in [0.25, 0.3) is 5.57 Å². The zero-order valence-electron chi connectivity index (χ0n) is 12.0. The van der Waals surface area contributed by atoms with Crippen LogP contribution < -0.4 is 4.74 Å². The van der Waals surface area contributed by atoms with Gasteiger partial charge < -0.3 is 4.74 Å². The molecule has 1 atom stereocenters. The molecule has 1 aromatic carbocycles. The summed E-state index contributed by atoms with van der Waals surface area (Å²) in [5.74, 6) is 0.415. The van der Waals surface area contributed by atoms with E-state index in [1.165, 1.54) is 11.1 Å². The molecular formula is C16H20O2. The molecule has 0 radical (unpaired) electrons. The Hall–Kier alpha value is -1.57. The second-order valence-corrected chi connectivity index (χ2v) is 5.27. The first-order valence-electron chi connectivity index (χ1n) is 6.34. The maximum absolute atomic E-state index is 12.0. The molecule has 2 nitrogen and oxygen atoms in total. The van der Waals surface area contributed by atoms with Crippen LogP contribution in [-0.4, -0.2) is 5.97 Å². The van der Waals surface area contributed by atoms with Crippen LogP contribution in [-0.2, 0) is 4.79 Å². The molecule has 1 unspecified atom stereocenters. The van der Waals surface area contributed by atoms with Gasteiger partial charge in [-0.1, -0.05) is 5.57 Å². The number of aryl methyl sites for hydroxylation is 1. The van der Waals surface area contributed by atoms with Crippen molar-refractivity contribution < 1.29 is 9.53 Å². The Morgan fingerprint density at radius 3 is 2.28 bits per heavy atom. The third-order valence-corrected chi connectivity index (χ3v) is 4.30. The molecule has 0 fully saturated rings. The van der Waals surface area contributed by atoms with E-state index in [1.54, 1.807) is 0 Å². The summed E-state index contributed by atoms with van der Waals surface area (Å²) < 4.78 is 5.60. The highest BCUT2D eigenvalue weighted by molar-refractivity contribution is 5.87. The minimum atomic E-state index is -0.169. The standard InChI is InChI=1S/C16H20O2/c1-8-7-14-11(4)10(3)13(6)16(17)18-15(14)12(5)9(8)2/h7,13H,1-6H3. The molecule has 0 aromatic heterocycles. The zero-order valence-corrected chi connectivity index (χ0v) is 12.0. The van der Waals surface area contributed by atoms with Gasteiger partial charge in [0, 0.05) is 5.56 Å². The molecular weight excluding hydrogens is 224 g/mol. The Balaban J connectivity index is 2.79. The van der Waals surface area contributed by atoms with Crippen molar-refractivity contribution in [2.75, 3.05) is 0 Å². The van der Waals surface area contributed by atoms with E-state index in [0.29, 0.717) is 0 Å². The van der Waals surface area contributed by atoms with Gasteiger partial charge in [-0.3, -0.25) is 4.79 Å². The van der Waals surface area contributed by atoms with Gasteiger partial charge in [-0.25, -0.2) is 0 Å². The lowest BCUT2D eigenvalue weighted by Gasteiger charge is -2.15. The molecule has 1 heterocycles. The van der Waals surface area contributed by atoms with E-state index < -0.39 is 0 Å². The molecule has 0 saturated carbocycles. The number of carbonyl (C=O) groups excluding carboxylic acids is 1. The summed E-state index contributed by atoms with van der Waals surface area (Å²) in [6.45, 7) is 12.2. The Bertz CT molecular complexity index is 565. The fourth-order valence-electron chi connectivity index (χ4n) is 2.37. The molecule has 0 bridgehead atoms. The number of carbonyl (C=O) groups is 1. The van der Waals surface area contributed by atoms with Gasteiger partial charge >= 0.3 is 5.97 Å². The van der Waals surface area contributed by atoms with Crippen molar-refractivity contribution in [3.63, 3.8) is 0 Å². The highest BCUT2D eigenvalue weighted by atomic mass is 16.5. The Labute approximate surface area is 109 Å². The number of benzene rings is 1. The first kappa shape index (κ1) is 12.9. The number of hydrogen-bond donors (Lipinski definition) is 0. The lowest BCUT2D eigenvalue weighted by atomic mass is 9.91. The SMILES string of the molecule is CC1=C(C)C(C)C(=O)Oc2c1cc(C)c(C)c2C. The van der Waals surface area contributed by atoms with Gasteiger partial charge in [0.05, 0.1) is 5.92 Å². The number of allylic oxidation sites excluding steroid dienone is 1. The monoisotopic (exact) mass is 244 g/mol. The molecule has 96 valence electrons. The number of fused-ring (bicyclic) bond motifs is 1. The number of esters is 1. The summed E-state index contributed by atoms with van der Waals surface area (Å²) in [6.07, 6.45) is 0. The predicted octanol–water partition coefficient (Wildman–Crippen LogP) is 3.96. The molecule has 2 heteroatoms. The minimum absolute atomic E-state index is 0.156. The Morgan fingerprint density at radius 2 is 1.67 bits per heavy atom. The second kappa shape index (κ2) is 4.27. The fraction of sp³-hybridized carbons (Fsp3) is 0.438. The molecule has 1 aromatic rings. The Morgan fingerprint density at radius 1 is 1.06 bits per heavy atom. The van der Waals surface area contributed by atoms with Crippen LogP contribution in [0.2, 0.25) is 0 Å². The van der Waals surface area contributed by atoms with Gasteiger partial charge in [0.25, 0.3) is 0 Å². The zero-order chi connectivity index (χ0) is 13.6. The maximum Gasteiger partial charge on any atom is 0.318 e. The lowest BCUT2D eigenvalue weighted by Crippen LogP contribution is -2.18. The quantitative estimate of drug-likeness (QED) is 0.510. The molecule has 1 aliphatic rings. The summed E-state index contributed by atoms with van der Waals surface area (Å²) in [4.78, 5) is 12.0. The average molecular weight is 244 g/mol. The largest absolute Gasteiger partial charge is 0.425 e. The number of ether oxygens (including phenoxy) is 1. The summed E-state index contributed by atoms with van der Waals surface area (Å²) in [7, 11) is 0. The van der Waals surface area contributed by atoms with Crippen molar-refractivity contribution in [1.29, 1.82) is 0 Å². The van der Waals surface area contributed by atoms with Gasteiger partial charge in [0.1, 0.15) is 5.75 Å². The van der Waals surface area contributed by atoms with E-state index >= 15 is 0 Å². The van der Waals surface area contributed by atoms with Crippen LogP contribution in [0, 0.1) is 26.7 Å². The molecule has 2 rings (SSSR count). The summed E-state index contributed by atoms with van der Waals surface area (Å²) in [6, 6.07) is 2.13. The molecule has 0 aliphatic carbocycles. The Kier molecular flexibility index (Phi) is 3.05. The summed E-state index contributed by atoms with van der Waals surface area (Å²) in [5, 5.41) is 0. The smallest absolute Gasteiger partial charge is 0.318 e. The van der Waals surface area contributed by atoms with Crippen molar-refractivity contribution in [1.82, 2.24) is 0 Å². The van der Waals surface area contributed by atoms with Crippen molar-refractivity contribution >= 4 is 11.5 Å². The third-order valence-electron chi connectivity index (χ3n) is 4.30. The van der Waals surface area contributed by atoms with Crippen LogP contribution in [0.5, 0.6) is 5.75 Å². The topological polar surface area (TPSA) is 26.3 Å². The average Bonchev–Trinajstić information content (AvgIpc) is 2.42. The van der Waals surface area contributed by atoms with Gasteiger partial charge in [-0.2, -0.15) is 0 Å². The molecule has 0 amide bonds. The molecule has 0 N–H and O–H groups in total. The van der Waals surface area contributed by atoms with Gasteiger partial charge in [0.2, 0.25) is 0 Å². The van der Waals surface area contributed by atoms with Crippen molar-refractivity contribution in [2.24, 2.45) is 5.92 Å². The lowest BCUT2D eigenvalue weighted by molar-refractivity contribution is -0.137. The number of hydrogen-bond acceptors (Lipinski definition) is 2. The number of rotatable bonds is 0. The predicted molar refractivity (Wildman–Crippen MR) is 73.7 cm³/mol. The fourth-order valence-corrected chi connectivity index (χ4v) is 2.37. The van der Waals surface area contributed by atoms with Crippen LogP contribution in [0.1, 0.15) is 43.0 Å². The van der Waals surface area contributed by atoms with Crippen LogP contribution in [0.4, 0.5) is 0 Å². The second-order valence-electron chi connectivity index (χ2n) is 5.27.